The maximum atomic E-state index is 12.9. The minimum absolute atomic E-state index is 0.369. The van der Waals surface area contributed by atoms with Crippen LogP contribution < -0.4 is 10.6 Å². The van der Waals surface area contributed by atoms with E-state index in [-0.39, 0.29) is 0 Å². The van der Waals surface area contributed by atoms with Gasteiger partial charge >= 0.3 is 0 Å². The maximum absolute atomic E-state index is 12.9. The smallest absolute Gasteiger partial charge is 0.243 e. The van der Waals surface area contributed by atoms with Crippen LogP contribution in [0.5, 0.6) is 0 Å². The van der Waals surface area contributed by atoms with Gasteiger partial charge in [-0.1, -0.05) is 18.6 Å². The predicted molar refractivity (Wildman–Crippen MR) is 115 cm³/mol. The van der Waals surface area contributed by atoms with Gasteiger partial charge in [0.15, 0.2) is 5.96 Å². The molecule has 28 heavy (non-hydrogen) atoms. The van der Waals surface area contributed by atoms with Gasteiger partial charge in [0.2, 0.25) is 10.0 Å². The van der Waals surface area contributed by atoms with Crippen LogP contribution in [0.2, 0.25) is 0 Å². The van der Waals surface area contributed by atoms with E-state index < -0.39 is 10.0 Å². The summed E-state index contributed by atoms with van der Waals surface area (Å²) in [5, 5.41) is 10.6. The van der Waals surface area contributed by atoms with Gasteiger partial charge in [-0.3, -0.25) is 0 Å². The van der Waals surface area contributed by atoms with E-state index in [1.807, 2.05) is 24.4 Å². The molecule has 0 amide bonds. The van der Waals surface area contributed by atoms with Crippen molar-refractivity contribution < 1.29 is 8.42 Å². The standard InChI is InChI=1S/C20H28N4O2S2/c1-2-21-20(23-15-18-9-12-27-16-18)22-14-17-7-6-8-19(13-17)28(25,26)24-10-4-3-5-11-24/h6-9,12-13,16H,2-5,10-11,14-15H2,1H3,(H2,21,22,23). The Labute approximate surface area is 171 Å². The first-order chi connectivity index (χ1) is 13.6. The molecular formula is C20H28N4O2S2. The summed E-state index contributed by atoms with van der Waals surface area (Å²) in [4.78, 5) is 4.96. The Balaban J connectivity index is 1.66. The molecule has 0 unspecified atom stereocenters. The summed E-state index contributed by atoms with van der Waals surface area (Å²) in [5.74, 6) is 0.720. The van der Waals surface area contributed by atoms with Crippen molar-refractivity contribution in [3.63, 3.8) is 0 Å². The Kier molecular flexibility index (Phi) is 7.47. The number of guanidine groups is 1. The molecule has 1 aliphatic rings. The zero-order valence-corrected chi connectivity index (χ0v) is 17.9. The zero-order valence-electron chi connectivity index (χ0n) is 16.2. The van der Waals surface area contributed by atoms with Gasteiger partial charge in [0, 0.05) is 26.2 Å². The molecule has 0 spiro atoms. The number of hydrogen-bond acceptors (Lipinski definition) is 4. The van der Waals surface area contributed by atoms with Crippen LogP contribution in [0.4, 0.5) is 0 Å². The predicted octanol–water partition coefficient (Wildman–Crippen LogP) is 3.18. The average molecular weight is 421 g/mol. The summed E-state index contributed by atoms with van der Waals surface area (Å²) in [6, 6.07) is 9.25. The van der Waals surface area contributed by atoms with Crippen molar-refractivity contribution in [1.29, 1.82) is 0 Å². The Morgan fingerprint density at radius 1 is 1.14 bits per heavy atom. The van der Waals surface area contributed by atoms with Crippen LogP contribution in [0.15, 0.2) is 51.0 Å². The third-order valence-corrected chi connectivity index (χ3v) is 7.28. The normalized spacial score (nSPS) is 16.1. The molecule has 1 aromatic carbocycles. The summed E-state index contributed by atoms with van der Waals surface area (Å²) in [6.45, 7) is 5.14. The van der Waals surface area contributed by atoms with Gasteiger partial charge in [0.25, 0.3) is 0 Å². The van der Waals surface area contributed by atoms with Gasteiger partial charge in [0.05, 0.1) is 11.4 Å². The second-order valence-electron chi connectivity index (χ2n) is 6.79. The fourth-order valence-corrected chi connectivity index (χ4v) is 5.40. The van der Waals surface area contributed by atoms with Crippen molar-refractivity contribution in [2.24, 2.45) is 4.99 Å². The van der Waals surface area contributed by atoms with Crippen LogP contribution in [0, 0.1) is 0 Å². The summed E-state index contributed by atoms with van der Waals surface area (Å²) < 4.78 is 27.4. The van der Waals surface area contributed by atoms with Crippen molar-refractivity contribution in [3.05, 3.63) is 52.2 Å². The highest BCUT2D eigenvalue weighted by Gasteiger charge is 2.25. The van der Waals surface area contributed by atoms with Gasteiger partial charge in [-0.15, -0.1) is 0 Å². The van der Waals surface area contributed by atoms with E-state index in [2.05, 4.69) is 27.1 Å². The second-order valence-corrected chi connectivity index (χ2v) is 9.51. The van der Waals surface area contributed by atoms with Crippen molar-refractivity contribution in [3.8, 4) is 0 Å². The summed E-state index contributed by atoms with van der Waals surface area (Å²) in [5.41, 5.74) is 2.09. The molecule has 1 saturated heterocycles. The van der Waals surface area contributed by atoms with Crippen LogP contribution in [-0.4, -0.2) is 38.3 Å². The molecule has 0 saturated carbocycles. The third kappa shape index (κ3) is 5.56. The fraction of sp³-hybridized carbons (Fsp3) is 0.450. The molecule has 3 rings (SSSR count). The van der Waals surface area contributed by atoms with Crippen molar-refractivity contribution in [2.75, 3.05) is 19.6 Å². The van der Waals surface area contributed by atoms with Crippen molar-refractivity contribution in [1.82, 2.24) is 14.9 Å². The molecule has 0 radical (unpaired) electrons. The lowest BCUT2D eigenvalue weighted by Gasteiger charge is -2.26. The van der Waals surface area contributed by atoms with E-state index >= 15 is 0 Å². The number of rotatable bonds is 7. The number of hydrogen-bond donors (Lipinski definition) is 2. The molecule has 6 nitrogen and oxygen atoms in total. The van der Waals surface area contributed by atoms with E-state index in [9.17, 15) is 8.42 Å². The van der Waals surface area contributed by atoms with Gasteiger partial charge in [-0.25, -0.2) is 13.4 Å². The highest BCUT2D eigenvalue weighted by Crippen LogP contribution is 2.21. The molecule has 8 heteroatoms. The molecule has 0 atom stereocenters. The lowest BCUT2D eigenvalue weighted by Crippen LogP contribution is -2.37. The quantitative estimate of drug-likeness (QED) is 0.533. The van der Waals surface area contributed by atoms with Crippen LogP contribution in [0.1, 0.15) is 37.3 Å². The molecule has 0 bridgehead atoms. The lowest BCUT2D eigenvalue weighted by atomic mass is 10.2. The van der Waals surface area contributed by atoms with Crippen LogP contribution in [0.25, 0.3) is 0 Å². The van der Waals surface area contributed by atoms with E-state index in [4.69, 9.17) is 0 Å². The van der Waals surface area contributed by atoms with E-state index in [1.54, 1.807) is 27.8 Å². The molecule has 2 N–H and O–H groups in total. The first-order valence-electron chi connectivity index (χ1n) is 9.72. The van der Waals surface area contributed by atoms with E-state index in [0.717, 1.165) is 37.3 Å². The van der Waals surface area contributed by atoms with Gasteiger partial charge in [0.1, 0.15) is 0 Å². The van der Waals surface area contributed by atoms with Crippen LogP contribution >= 0.6 is 11.3 Å². The summed E-state index contributed by atoms with van der Waals surface area (Å²) in [6.07, 6.45) is 2.98. The van der Waals surface area contributed by atoms with Gasteiger partial charge < -0.3 is 10.6 Å². The molecule has 1 aliphatic heterocycles. The Hall–Kier alpha value is -1.90. The molecule has 1 fully saturated rings. The Morgan fingerprint density at radius 2 is 1.96 bits per heavy atom. The molecular weight excluding hydrogens is 392 g/mol. The SMILES string of the molecule is CCNC(=NCc1ccsc1)NCc1cccc(S(=O)(=O)N2CCCCC2)c1. The van der Waals surface area contributed by atoms with Gasteiger partial charge in [-0.05, 0) is 59.9 Å². The molecule has 2 aromatic rings. The van der Waals surface area contributed by atoms with Crippen LogP contribution in [0.3, 0.4) is 0 Å². The number of nitrogens with zero attached hydrogens (tertiary/aromatic N) is 2. The number of piperidine rings is 1. The van der Waals surface area contributed by atoms with Gasteiger partial charge in [-0.2, -0.15) is 15.6 Å². The number of aliphatic imine (C=N–C) groups is 1. The topological polar surface area (TPSA) is 73.8 Å². The highest BCUT2D eigenvalue weighted by molar-refractivity contribution is 7.89. The van der Waals surface area contributed by atoms with Crippen molar-refractivity contribution in [2.45, 2.75) is 44.2 Å². The largest absolute Gasteiger partial charge is 0.357 e. The van der Waals surface area contributed by atoms with Crippen molar-refractivity contribution >= 4 is 27.3 Å². The molecule has 152 valence electrons. The maximum Gasteiger partial charge on any atom is 0.243 e. The lowest BCUT2D eigenvalue weighted by molar-refractivity contribution is 0.346. The summed E-state index contributed by atoms with van der Waals surface area (Å²) >= 11 is 1.66. The molecule has 0 aliphatic carbocycles. The minimum Gasteiger partial charge on any atom is -0.357 e. The fourth-order valence-electron chi connectivity index (χ4n) is 3.15. The molecule has 2 heterocycles. The Morgan fingerprint density at radius 3 is 2.68 bits per heavy atom. The third-order valence-electron chi connectivity index (χ3n) is 4.66. The first kappa shape index (κ1) is 20.8. The number of sulfonamides is 1. The van der Waals surface area contributed by atoms with E-state index in [1.165, 1.54) is 5.56 Å². The Bertz CT molecular complexity index is 873. The van der Waals surface area contributed by atoms with Crippen LogP contribution in [-0.2, 0) is 23.1 Å². The number of benzene rings is 1. The first-order valence-corrected chi connectivity index (χ1v) is 12.1. The number of nitrogens with one attached hydrogen (secondary N) is 2. The number of thiophene rings is 1. The monoisotopic (exact) mass is 420 g/mol. The minimum atomic E-state index is -3.41. The molecule has 1 aromatic heterocycles. The summed E-state index contributed by atoms with van der Waals surface area (Å²) in [7, 11) is -3.41. The highest BCUT2D eigenvalue weighted by atomic mass is 32.2. The average Bonchev–Trinajstić information content (AvgIpc) is 3.24. The second kappa shape index (κ2) is 10.0. The zero-order chi connectivity index (χ0) is 19.8. The van der Waals surface area contributed by atoms with E-state index in [0.29, 0.717) is 31.1 Å².